The van der Waals surface area contributed by atoms with Crippen LogP contribution in [0.4, 0.5) is 0 Å². The normalized spacial score (nSPS) is 10.3. The predicted molar refractivity (Wildman–Crippen MR) is 86.6 cm³/mol. The highest BCUT2D eigenvalue weighted by Crippen LogP contribution is 2.31. The first-order chi connectivity index (χ1) is 11.2. The number of esters is 1. The smallest absolute Gasteiger partial charge is 0.337 e. The van der Waals surface area contributed by atoms with Gasteiger partial charge in [0.25, 0.3) is 0 Å². The van der Waals surface area contributed by atoms with Gasteiger partial charge in [0, 0.05) is 5.56 Å². The molecule has 0 aliphatic rings. The van der Waals surface area contributed by atoms with Crippen LogP contribution < -0.4 is 4.74 Å². The van der Waals surface area contributed by atoms with E-state index in [0.717, 1.165) is 16.9 Å². The van der Waals surface area contributed by atoms with E-state index in [0.29, 0.717) is 17.0 Å². The number of hydrogen-bond donors (Lipinski definition) is 1. The van der Waals surface area contributed by atoms with Crippen LogP contribution in [0.15, 0.2) is 54.7 Å². The molecule has 3 rings (SSSR count). The second kappa shape index (κ2) is 6.36. The Kier molecular flexibility index (Phi) is 4.10. The molecule has 1 aromatic heterocycles. The van der Waals surface area contributed by atoms with Gasteiger partial charge in [-0.1, -0.05) is 29.8 Å². The second-order valence-electron chi connectivity index (χ2n) is 5.10. The summed E-state index contributed by atoms with van der Waals surface area (Å²) in [5.41, 5.74) is 3.14. The molecule has 0 aliphatic carbocycles. The lowest BCUT2D eigenvalue weighted by atomic mass is 10.1. The molecule has 0 bridgehead atoms. The zero-order valence-corrected chi connectivity index (χ0v) is 12.9. The molecule has 5 heteroatoms. The van der Waals surface area contributed by atoms with Gasteiger partial charge in [0.1, 0.15) is 11.4 Å². The Morgan fingerprint density at radius 1 is 1.13 bits per heavy atom. The maximum absolute atomic E-state index is 11.7. The lowest BCUT2D eigenvalue weighted by Gasteiger charge is -2.07. The molecule has 1 N–H and O–H groups in total. The summed E-state index contributed by atoms with van der Waals surface area (Å²) in [6.45, 7) is 2.02. The summed E-state index contributed by atoms with van der Waals surface area (Å²) in [5.74, 6) is 0.936. The summed E-state index contributed by atoms with van der Waals surface area (Å²) in [4.78, 5) is 11.7. The van der Waals surface area contributed by atoms with E-state index in [1.807, 2.05) is 37.3 Å². The van der Waals surface area contributed by atoms with Crippen LogP contribution in [0.25, 0.3) is 11.3 Å². The van der Waals surface area contributed by atoms with Crippen molar-refractivity contribution in [3.63, 3.8) is 0 Å². The van der Waals surface area contributed by atoms with Crippen molar-refractivity contribution in [1.29, 1.82) is 0 Å². The fourth-order valence-electron chi connectivity index (χ4n) is 2.21. The van der Waals surface area contributed by atoms with Gasteiger partial charge in [0.05, 0.1) is 18.9 Å². The Morgan fingerprint density at radius 2 is 1.91 bits per heavy atom. The molecule has 0 aliphatic heterocycles. The molecule has 0 saturated heterocycles. The van der Waals surface area contributed by atoms with E-state index in [4.69, 9.17) is 9.47 Å². The van der Waals surface area contributed by atoms with Crippen molar-refractivity contribution in [2.24, 2.45) is 0 Å². The molecule has 2 aromatic carbocycles. The number of benzene rings is 2. The zero-order valence-electron chi connectivity index (χ0n) is 12.9. The van der Waals surface area contributed by atoms with Crippen molar-refractivity contribution in [3.8, 4) is 22.8 Å². The fraction of sp³-hybridized carbons (Fsp3) is 0.111. The number of nitrogens with one attached hydrogen (secondary N) is 1. The summed E-state index contributed by atoms with van der Waals surface area (Å²) < 4.78 is 10.6. The molecule has 3 aromatic rings. The molecule has 0 amide bonds. The van der Waals surface area contributed by atoms with Crippen molar-refractivity contribution in [2.75, 3.05) is 7.11 Å². The van der Waals surface area contributed by atoms with Gasteiger partial charge < -0.3 is 9.47 Å². The first-order valence-electron chi connectivity index (χ1n) is 7.14. The van der Waals surface area contributed by atoms with Gasteiger partial charge in [0.2, 0.25) is 0 Å². The number of H-pyrrole nitrogens is 1. The topological polar surface area (TPSA) is 64.2 Å². The molecule has 0 unspecified atom stereocenters. The monoisotopic (exact) mass is 308 g/mol. The van der Waals surface area contributed by atoms with E-state index >= 15 is 0 Å². The molecule has 0 atom stereocenters. The van der Waals surface area contributed by atoms with Gasteiger partial charge in [-0.3, -0.25) is 5.10 Å². The molecule has 0 spiro atoms. The number of carbonyl (C=O) groups is 1. The summed E-state index contributed by atoms with van der Waals surface area (Å²) in [6, 6.07) is 14.9. The van der Waals surface area contributed by atoms with Crippen LogP contribution in [0.5, 0.6) is 11.5 Å². The maximum Gasteiger partial charge on any atom is 0.337 e. The van der Waals surface area contributed by atoms with Gasteiger partial charge in [-0.15, -0.1) is 0 Å². The van der Waals surface area contributed by atoms with Crippen molar-refractivity contribution in [3.05, 3.63) is 65.9 Å². The Labute approximate surface area is 133 Å². The first kappa shape index (κ1) is 14.8. The van der Waals surface area contributed by atoms with Gasteiger partial charge in [-0.2, -0.15) is 5.10 Å². The van der Waals surface area contributed by atoms with Gasteiger partial charge in [0.15, 0.2) is 5.75 Å². The van der Waals surface area contributed by atoms with Crippen molar-refractivity contribution in [2.45, 2.75) is 6.92 Å². The molecule has 116 valence electrons. The Morgan fingerprint density at radius 3 is 2.65 bits per heavy atom. The molecular formula is C18H16N2O3. The number of ether oxygens (including phenoxy) is 2. The molecule has 5 nitrogen and oxygen atoms in total. The summed E-state index contributed by atoms with van der Waals surface area (Å²) in [6.07, 6.45) is 1.61. The number of methoxy groups -OCH3 is 1. The number of aryl methyl sites for hydroxylation is 1. The minimum atomic E-state index is -0.382. The maximum atomic E-state index is 11.7. The van der Waals surface area contributed by atoms with Crippen LogP contribution in [0.2, 0.25) is 0 Å². The minimum Gasteiger partial charge on any atom is -0.465 e. The second-order valence-corrected chi connectivity index (χ2v) is 5.10. The quantitative estimate of drug-likeness (QED) is 0.741. The van der Waals surface area contributed by atoms with Gasteiger partial charge in [-0.05, 0) is 31.2 Å². The van der Waals surface area contributed by atoms with E-state index < -0.39 is 0 Å². The van der Waals surface area contributed by atoms with Crippen LogP contribution in [0.1, 0.15) is 15.9 Å². The fourth-order valence-corrected chi connectivity index (χ4v) is 2.21. The third-order valence-electron chi connectivity index (χ3n) is 3.43. The van der Waals surface area contributed by atoms with Crippen molar-refractivity contribution < 1.29 is 14.3 Å². The first-order valence-corrected chi connectivity index (χ1v) is 7.14. The number of aromatic amines is 1. The van der Waals surface area contributed by atoms with Crippen LogP contribution >= 0.6 is 0 Å². The lowest BCUT2D eigenvalue weighted by molar-refractivity contribution is 0.0601. The van der Waals surface area contributed by atoms with Gasteiger partial charge in [-0.25, -0.2) is 4.79 Å². The van der Waals surface area contributed by atoms with E-state index in [1.54, 1.807) is 24.4 Å². The highest BCUT2D eigenvalue weighted by atomic mass is 16.5. The number of aromatic nitrogens is 2. The van der Waals surface area contributed by atoms with E-state index in [1.165, 1.54) is 7.11 Å². The van der Waals surface area contributed by atoms with E-state index in [9.17, 15) is 4.79 Å². The van der Waals surface area contributed by atoms with Crippen LogP contribution in [0, 0.1) is 6.92 Å². The molecule has 0 radical (unpaired) electrons. The van der Waals surface area contributed by atoms with Crippen molar-refractivity contribution >= 4 is 5.97 Å². The minimum absolute atomic E-state index is 0.382. The number of hydrogen-bond acceptors (Lipinski definition) is 4. The van der Waals surface area contributed by atoms with E-state index in [2.05, 4.69) is 10.2 Å². The third-order valence-corrected chi connectivity index (χ3v) is 3.43. The third kappa shape index (κ3) is 3.23. The van der Waals surface area contributed by atoms with Crippen LogP contribution in [-0.4, -0.2) is 23.3 Å². The highest BCUT2D eigenvalue weighted by molar-refractivity contribution is 5.91. The molecule has 0 fully saturated rings. The average Bonchev–Trinajstić information content (AvgIpc) is 3.04. The molecular weight excluding hydrogens is 292 g/mol. The molecule has 0 saturated carbocycles. The predicted octanol–water partition coefficient (Wildman–Crippen LogP) is 3.96. The summed E-state index contributed by atoms with van der Waals surface area (Å²) in [5, 5.41) is 6.95. The Hall–Kier alpha value is -3.08. The van der Waals surface area contributed by atoms with Gasteiger partial charge >= 0.3 is 5.97 Å². The average molecular weight is 308 g/mol. The lowest BCUT2D eigenvalue weighted by Crippen LogP contribution is -2.00. The molecule has 23 heavy (non-hydrogen) atoms. The SMILES string of the molecule is COC(=O)c1cccc(-c2[nH]ncc2Oc2ccc(C)cc2)c1. The van der Waals surface area contributed by atoms with E-state index in [-0.39, 0.29) is 5.97 Å². The Bertz CT molecular complexity index is 822. The van der Waals surface area contributed by atoms with Crippen molar-refractivity contribution in [1.82, 2.24) is 10.2 Å². The highest BCUT2D eigenvalue weighted by Gasteiger charge is 2.13. The molecule has 1 heterocycles. The summed E-state index contributed by atoms with van der Waals surface area (Å²) >= 11 is 0. The zero-order chi connectivity index (χ0) is 16.2. The van der Waals surface area contributed by atoms with Crippen LogP contribution in [0.3, 0.4) is 0 Å². The number of carbonyl (C=O) groups excluding carboxylic acids is 1. The number of rotatable bonds is 4. The standard InChI is InChI=1S/C18H16N2O3/c1-12-6-8-15(9-7-12)23-16-11-19-20-17(16)13-4-3-5-14(10-13)18(21)22-2/h3-11H,1-2H3,(H,19,20). The Balaban J connectivity index is 1.91. The van der Waals surface area contributed by atoms with Crippen LogP contribution in [-0.2, 0) is 4.74 Å². The largest absolute Gasteiger partial charge is 0.465 e. The summed E-state index contributed by atoms with van der Waals surface area (Å²) in [7, 11) is 1.36. The number of nitrogens with zero attached hydrogens (tertiary/aromatic N) is 1.